The molecule has 1 fully saturated rings. The molecule has 26 heavy (non-hydrogen) atoms. The summed E-state index contributed by atoms with van der Waals surface area (Å²) in [5, 5.41) is 18.4. The monoisotopic (exact) mass is 381 g/mol. The van der Waals surface area contributed by atoms with Crippen LogP contribution in [0, 0.1) is 0 Å². The van der Waals surface area contributed by atoms with E-state index in [4.69, 9.17) is 12.2 Å². The predicted octanol–water partition coefficient (Wildman–Crippen LogP) is 5.19. The van der Waals surface area contributed by atoms with Crippen LogP contribution in [0.4, 0.5) is 11.4 Å². The first-order valence-electron chi connectivity index (χ1n) is 7.74. The molecule has 130 valence electrons. The summed E-state index contributed by atoms with van der Waals surface area (Å²) in [7, 11) is 0. The minimum atomic E-state index is -0.199. The van der Waals surface area contributed by atoms with Gasteiger partial charge in [-0.15, -0.1) is 6.58 Å². The lowest BCUT2D eigenvalue weighted by atomic mass is 10.1. The van der Waals surface area contributed by atoms with Crippen molar-refractivity contribution in [2.45, 2.75) is 0 Å². The van der Waals surface area contributed by atoms with E-state index in [1.807, 2.05) is 30.3 Å². The molecule has 3 rings (SSSR count). The Morgan fingerprint density at radius 2 is 1.88 bits per heavy atom. The number of nitrogens with zero attached hydrogens (tertiary/aromatic N) is 3. The second-order valence-electron chi connectivity index (χ2n) is 5.36. The fourth-order valence-electron chi connectivity index (χ4n) is 2.26. The molecule has 1 aliphatic heterocycles. The molecule has 0 aliphatic carbocycles. The average molecular weight is 381 g/mol. The van der Waals surface area contributed by atoms with Crippen LogP contribution < -0.4 is 0 Å². The van der Waals surface area contributed by atoms with Crippen LogP contribution in [0.25, 0.3) is 6.08 Å². The van der Waals surface area contributed by atoms with Gasteiger partial charge < -0.3 is 5.11 Å². The number of thioether (sulfide) groups is 1. The molecule has 0 aromatic heterocycles. The van der Waals surface area contributed by atoms with Gasteiger partial charge >= 0.3 is 0 Å². The van der Waals surface area contributed by atoms with Gasteiger partial charge in [-0.3, -0.25) is 9.69 Å². The number of rotatable bonds is 5. The predicted molar refractivity (Wildman–Crippen MR) is 109 cm³/mol. The van der Waals surface area contributed by atoms with Crippen LogP contribution in [0.15, 0.2) is 76.3 Å². The Bertz CT molecular complexity index is 924. The van der Waals surface area contributed by atoms with E-state index in [1.165, 1.54) is 22.7 Å². The molecule has 0 saturated carbocycles. The highest BCUT2D eigenvalue weighted by Gasteiger charge is 2.31. The Balaban J connectivity index is 1.87. The van der Waals surface area contributed by atoms with Gasteiger partial charge in [0.2, 0.25) is 0 Å². The summed E-state index contributed by atoms with van der Waals surface area (Å²) in [5.41, 5.74) is 1.78. The number of carbonyl (C=O) groups is 1. The molecule has 1 saturated heterocycles. The van der Waals surface area contributed by atoms with E-state index >= 15 is 0 Å². The highest BCUT2D eigenvalue weighted by molar-refractivity contribution is 8.26. The van der Waals surface area contributed by atoms with E-state index < -0.39 is 0 Å². The maximum absolute atomic E-state index is 12.4. The van der Waals surface area contributed by atoms with Crippen molar-refractivity contribution in [1.29, 1.82) is 0 Å². The quantitative estimate of drug-likeness (QED) is 0.335. The summed E-state index contributed by atoms with van der Waals surface area (Å²) < 4.78 is 0.473. The van der Waals surface area contributed by atoms with Crippen LogP contribution in [0.1, 0.15) is 5.56 Å². The van der Waals surface area contributed by atoms with E-state index in [1.54, 1.807) is 24.3 Å². The highest BCUT2D eigenvalue weighted by atomic mass is 32.2. The van der Waals surface area contributed by atoms with E-state index in [2.05, 4.69) is 16.8 Å². The van der Waals surface area contributed by atoms with Crippen LogP contribution in [0.5, 0.6) is 5.75 Å². The van der Waals surface area contributed by atoms with Gasteiger partial charge in [0, 0.05) is 12.1 Å². The third kappa shape index (κ3) is 4.07. The maximum Gasteiger partial charge on any atom is 0.266 e. The maximum atomic E-state index is 12.4. The molecule has 1 amide bonds. The van der Waals surface area contributed by atoms with Crippen molar-refractivity contribution in [3.63, 3.8) is 0 Å². The first-order chi connectivity index (χ1) is 12.6. The zero-order chi connectivity index (χ0) is 18.5. The molecule has 1 aliphatic rings. The molecule has 2 aromatic rings. The number of phenols is 1. The lowest BCUT2D eigenvalue weighted by Crippen LogP contribution is -2.27. The minimum absolute atomic E-state index is 0.0534. The Kier molecular flexibility index (Phi) is 5.60. The van der Waals surface area contributed by atoms with E-state index in [0.717, 1.165) is 5.69 Å². The Morgan fingerprint density at radius 3 is 2.62 bits per heavy atom. The second kappa shape index (κ2) is 8.07. The van der Waals surface area contributed by atoms with Crippen molar-refractivity contribution in [2.24, 2.45) is 10.2 Å². The Morgan fingerprint density at radius 1 is 1.15 bits per heavy atom. The molecule has 0 bridgehead atoms. The molecule has 0 atom stereocenters. The lowest BCUT2D eigenvalue weighted by Gasteiger charge is -2.10. The van der Waals surface area contributed by atoms with Gasteiger partial charge in [0.15, 0.2) is 0 Å². The van der Waals surface area contributed by atoms with Crippen LogP contribution in [0.3, 0.4) is 0 Å². The molecular formula is C19H15N3O2S2. The van der Waals surface area contributed by atoms with Crippen molar-refractivity contribution in [1.82, 2.24) is 4.90 Å². The number of benzene rings is 2. The number of thiocarbonyl (C=S) groups is 1. The summed E-state index contributed by atoms with van der Waals surface area (Å²) in [6.07, 6.45) is 3.23. The van der Waals surface area contributed by atoms with Crippen molar-refractivity contribution in [3.05, 3.63) is 71.7 Å². The molecule has 5 nitrogen and oxygen atoms in total. The third-order valence-electron chi connectivity index (χ3n) is 3.52. The summed E-state index contributed by atoms with van der Waals surface area (Å²) in [6, 6.07) is 14.2. The first kappa shape index (κ1) is 18.0. The number of amides is 1. The van der Waals surface area contributed by atoms with E-state index in [-0.39, 0.29) is 11.7 Å². The summed E-state index contributed by atoms with van der Waals surface area (Å²) in [5.74, 6) is -0.145. The molecule has 0 radical (unpaired) electrons. The summed E-state index contributed by atoms with van der Waals surface area (Å²) in [4.78, 5) is 14.3. The zero-order valence-electron chi connectivity index (χ0n) is 13.7. The average Bonchev–Trinajstić information content (AvgIpc) is 2.91. The molecule has 1 N–H and O–H groups in total. The van der Waals surface area contributed by atoms with Gasteiger partial charge in [0.05, 0.1) is 16.3 Å². The van der Waals surface area contributed by atoms with E-state index in [0.29, 0.717) is 27.0 Å². The number of phenolic OH excluding ortho intramolecular Hbond substituents is 1. The second-order valence-corrected chi connectivity index (χ2v) is 7.04. The topological polar surface area (TPSA) is 65.3 Å². The minimum Gasteiger partial charge on any atom is -0.507 e. The highest BCUT2D eigenvalue weighted by Crippen LogP contribution is 2.35. The largest absolute Gasteiger partial charge is 0.507 e. The third-order valence-corrected chi connectivity index (χ3v) is 4.90. The van der Waals surface area contributed by atoms with Gasteiger partial charge in [-0.1, -0.05) is 48.3 Å². The molecular weight excluding hydrogens is 366 g/mol. The van der Waals surface area contributed by atoms with Crippen LogP contribution in [-0.2, 0) is 4.79 Å². The van der Waals surface area contributed by atoms with Gasteiger partial charge in [-0.05, 0) is 36.4 Å². The molecule has 2 aromatic carbocycles. The van der Waals surface area contributed by atoms with Gasteiger partial charge in [0.25, 0.3) is 5.91 Å². The normalized spacial score (nSPS) is 16.0. The summed E-state index contributed by atoms with van der Waals surface area (Å²) in [6.45, 7) is 3.99. The molecule has 0 spiro atoms. The Labute approximate surface area is 160 Å². The number of aromatic hydroxyl groups is 1. The fourth-order valence-corrected chi connectivity index (χ4v) is 3.52. The fraction of sp³-hybridized carbons (Fsp3) is 0.0526. The number of carbonyl (C=O) groups excluding carboxylic acids is 1. The molecule has 1 heterocycles. The van der Waals surface area contributed by atoms with Gasteiger partial charge in [0.1, 0.15) is 10.1 Å². The molecule has 0 unspecified atom stereocenters. The van der Waals surface area contributed by atoms with Crippen molar-refractivity contribution in [2.75, 3.05) is 6.54 Å². The van der Waals surface area contributed by atoms with Gasteiger partial charge in [-0.2, -0.15) is 10.2 Å². The SMILES string of the molecule is C=CCN1C(=O)C(=Cc2cc(N=Nc3ccccc3)ccc2O)SC1=S. The van der Waals surface area contributed by atoms with Crippen molar-refractivity contribution >= 4 is 51.7 Å². The van der Waals surface area contributed by atoms with Crippen LogP contribution in [0.2, 0.25) is 0 Å². The number of azo groups is 1. The Hall–Kier alpha value is -2.77. The number of hydrogen-bond acceptors (Lipinski definition) is 6. The van der Waals surface area contributed by atoms with Crippen molar-refractivity contribution in [3.8, 4) is 5.75 Å². The van der Waals surface area contributed by atoms with E-state index in [9.17, 15) is 9.90 Å². The smallest absolute Gasteiger partial charge is 0.266 e. The van der Waals surface area contributed by atoms with Gasteiger partial charge in [-0.25, -0.2) is 0 Å². The van der Waals surface area contributed by atoms with Crippen molar-refractivity contribution < 1.29 is 9.90 Å². The summed E-state index contributed by atoms with van der Waals surface area (Å²) >= 11 is 6.41. The zero-order valence-corrected chi connectivity index (χ0v) is 15.3. The standard InChI is InChI=1S/C19H15N3O2S2/c1-2-10-22-18(24)17(26-19(22)25)12-13-11-15(8-9-16(13)23)21-20-14-6-4-3-5-7-14/h2-9,11-12,23H,1,10H2. The van der Waals surface area contributed by atoms with Crippen LogP contribution in [-0.4, -0.2) is 26.8 Å². The van der Waals surface area contributed by atoms with Crippen LogP contribution >= 0.6 is 24.0 Å². The first-order valence-corrected chi connectivity index (χ1v) is 8.97. The lowest BCUT2D eigenvalue weighted by molar-refractivity contribution is -0.121. The number of hydrogen-bond donors (Lipinski definition) is 1. The molecule has 7 heteroatoms.